The summed E-state index contributed by atoms with van der Waals surface area (Å²) in [4.78, 5) is 0. The molecule has 2 heteroatoms. The summed E-state index contributed by atoms with van der Waals surface area (Å²) in [5.41, 5.74) is 2.18. The van der Waals surface area contributed by atoms with Gasteiger partial charge in [0, 0.05) is 12.0 Å². The van der Waals surface area contributed by atoms with Crippen LogP contribution in [0.3, 0.4) is 0 Å². The highest BCUT2D eigenvalue weighted by molar-refractivity contribution is 5.52. The Kier molecular flexibility index (Phi) is 1.91. The van der Waals surface area contributed by atoms with Crippen molar-refractivity contribution in [1.29, 1.82) is 0 Å². The van der Waals surface area contributed by atoms with E-state index in [0.717, 1.165) is 24.3 Å². The molecule has 0 unspecified atom stereocenters. The predicted molar refractivity (Wildman–Crippen MR) is 51.4 cm³/mol. The monoisotopic (exact) mass is 178 g/mol. The van der Waals surface area contributed by atoms with Crippen LogP contribution in [0, 0.1) is 0 Å². The zero-order valence-corrected chi connectivity index (χ0v) is 8.00. The van der Waals surface area contributed by atoms with Crippen molar-refractivity contribution in [3.8, 4) is 11.5 Å². The van der Waals surface area contributed by atoms with Crippen LogP contribution in [0.4, 0.5) is 0 Å². The lowest BCUT2D eigenvalue weighted by molar-refractivity contribution is 0.348. The molecule has 1 aliphatic heterocycles. The van der Waals surface area contributed by atoms with Crippen LogP contribution in [-0.2, 0) is 6.42 Å². The first-order valence-corrected chi connectivity index (χ1v) is 4.67. The Balaban J connectivity index is 2.58. The van der Waals surface area contributed by atoms with E-state index >= 15 is 0 Å². The number of rotatable bonds is 1. The summed E-state index contributed by atoms with van der Waals surface area (Å²) in [5.74, 6) is 1.58. The molecule has 2 rings (SSSR count). The molecule has 1 aliphatic rings. The average molecular weight is 178 g/mol. The zero-order valence-electron chi connectivity index (χ0n) is 8.00. The molecule has 0 fully saturated rings. The van der Waals surface area contributed by atoms with E-state index in [1.54, 1.807) is 6.07 Å². The second kappa shape index (κ2) is 2.95. The molecular formula is C11H14O2. The maximum absolute atomic E-state index is 9.67. The Bertz CT molecular complexity index is 329. The Hall–Kier alpha value is -1.18. The molecule has 0 atom stereocenters. The summed E-state index contributed by atoms with van der Waals surface area (Å²) in [5, 5.41) is 9.67. The first-order valence-electron chi connectivity index (χ1n) is 4.67. The molecule has 0 radical (unpaired) electrons. The van der Waals surface area contributed by atoms with Crippen LogP contribution in [0.15, 0.2) is 12.1 Å². The van der Waals surface area contributed by atoms with Crippen LogP contribution in [0.5, 0.6) is 11.5 Å². The van der Waals surface area contributed by atoms with Gasteiger partial charge in [0.2, 0.25) is 0 Å². The Morgan fingerprint density at radius 3 is 2.85 bits per heavy atom. The van der Waals surface area contributed by atoms with Gasteiger partial charge < -0.3 is 9.84 Å². The zero-order chi connectivity index (χ0) is 9.42. The second-order valence-corrected chi connectivity index (χ2v) is 3.74. The van der Waals surface area contributed by atoms with Gasteiger partial charge in [-0.15, -0.1) is 0 Å². The van der Waals surface area contributed by atoms with Crippen LogP contribution in [0.1, 0.15) is 30.9 Å². The predicted octanol–water partition coefficient (Wildman–Crippen LogP) is 2.45. The third kappa shape index (κ3) is 1.26. The number of benzene rings is 1. The number of hydrogen-bond acceptors (Lipinski definition) is 2. The van der Waals surface area contributed by atoms with E-state index in [9.17, 15) is 5.11 Å². The van der Waals surface area contributed by atoms with Crippen molar-refractivity contribution >= 4 is 0 Å². The highest BCUT2D eigenvalue weighted by Crippen LogP contribution is 2.39. The number of aromatic hydroxyl groups is 1. The van der Waals surface area contributed by atoms with Gasteiger partial charge in [-0.05, 0) is 17.5 Å². The first-order chi connectivity index (χ1) is 6.20. The van der Waals surface area contributed by atoms with Crippen LogP contribution in [0.25, 0.3) is 0 Å². The van der Waals surface area contributed by atoms with E-state index < -0.39 is 0 Å². The van der Waals surface area contributed by atoms with Crippen molar-refractivity contribution in [2.75, 3.05) is 6.61 Å². The fourth-order valence-corrected chi connectivity index (χ4v) is 1.82. The van der Waals surface area contributed by atoms with Gasteiger partial charge in [-0.25, -0.2) is 0 Å². The van der Waals surface area contributed by atoms with Crippen molar-refractivity contribution in [1.82, 2.24) is 0 Å². The van der Waals surface area contributed by atoms with E-state index in [1.165, 1.54) is 5.56 Å². The minimum Gasteiger partial charge on any atom is -0.508 e. The van der Waals surface area contributed by atoms with Gasteiger partial charge in [-0.2, -0.15) is 0 Å². The summed E-state index contributed by atoms with van der Waals surface area (Å²) in [6, 6.07) is 3.71. The van der Waals surface area contributed by atoms with E-state index in [1.807, 2.05) is 6.07 Å². The molecule has 1 N–H and O–H groups in total. The lowest BCUT2D eigenvalue weighted by Crippen LogP contribution is -1.94. The highest BCUT2D eigenvalue weighted by Gasteiger charge is 2.20. The van der Waals surface area contributed by atoms with Gasteiger partial charge in [0.25, 0.3) is 0 Å². The Labute approximate surface area is 78.2 Å². The molecule has 1 heterocycles. The van der Waals surface area contributed by atoms with E-state index in [0.29, 0.717) is 11.7 Å². The second-order valence-electron chi connectivity index (χ2n) is 3.74. The van der Waals surface area contributed by atoms with Crippen LogP contribution in [0.2, 0.25) is 0 Å². The van der Waals surface area contributed by atoms with Crippen molar-refractivity contribution in [2.45, 2.75) is 26.2 Å². The summed E-state index contributed by atoms with van der Waals surface area (Å²) >= 11 is 0. The van der Waals surface area contributed by atoms with Crippen LogP contribution in [-0.4, -0.2) is 11.7 Å². The minimum absolute atomic E-state index is 0.313. The van der Waals surface area contributed by atoms with Gasteiger partial charge in [0.05, 0.1) is 6.61 Å². The lowest BCUT2D eigenvalue weighted by atomic mass is 9.98. The van der Waals surface area contributed by atoms with Crippen LogP contribution < -0.4 is 4.74 Å². The Morgan fingerprint density at radius 2 is 2.15 bits per heavy atom. The molecule has 13 heavy (non-hydrogen) atoms. The average Bonchev–Trinajstić information content (AvgIpc) is 2.50. The number of hydrogen-bond donors (Lipinski definition) is 1. The third-order valence-electron chi connectivity index (χ3n) is 2.45. The van der Waals surface area contributed by atoms with E-state index in [4.69, 9.17) is 4.74 Å². The van der Waals surface area contributed by atoms with Crippen LogP contribution >= 0.6 is 0 Å². The van der Waals surface area contributed by atoms with Crippen molar-refractivity contribution < 1.29 is 9.84 Å². The number of fused-ring (bicyclic) bond motifs is 1. The fraction of sp³-hybridized carbons (Fsp3) is 0.455. The molecule has 2 nitrogen and oxygen atoms in total. The van der Waals surface area contributed by atoms with Gasteiger partial charge in [0.15, 0.2) is 0 Å². The van der Waals surface area contributed by atoms with Crippen molar-refractivity contribution in [2.24, 2.45) is 0 Å². The molecule has 70 valence electrons. The molecule has 1 aromatic rings. The van der Waals surface area contributed by atoms with Gasteiger partial charge in [0.1, 0.15) is 11.5 Å². The third-order valence-corrected chi connectivity index (χ3v) is 2.45. The Morgan fingerprint density at radius 1 is 1.38 bits per heavy atom. The first kappa shape index (κ1) is 8.42. The largest absolute Gasteiger partial charge is 0.508 e. The molecule has 0 saturated heterocycles. The topological polar surface area (TPSA) is 29.5 Å². The summed E-state index contributed by atoms with van der Waals surface area (Å²) < 4.78 is 5.51. The highest BCUT2D eigenvalue weighted by atomic mass is 16.5. The molecule has 0 amide bonds. The van der Waals surface area contributed by atoms with E-state index in [-0.39, 0.29) is 0 Å². The minimum atomic E-state index is 0.313. The summed E-state index contributed by atoms with van der Waals surface area (Å²) in [7, 11) is 0. The lowest BCUT2D eigenvalue weighted by Gasteiger charge is -2.12. The standard InChI is InChI=1S/C11H14O2/c1-7(2)10-9(12)4-3-8-5-6-13-11(8)10/h3-4,7,12H,5-6H2,1-2H3. The number of phenols is 1. The molecule has 0 bridgehead atoms. The SMILES string of the molecule is CC(C)c1c(O)ccc2c1OCC2. The fourth-order valence-electron chi connectivity index (χ4n) is 1.82. The molecule has 0 aliphatic carbocycles. The molecule has 0 saturated carbocycles. The maximum atomic E-state index is 9.67. The molecule has 0 spiro atoms. The summed E-state index contributed by atoms with van der Waals surface area (Å²) in [6.07, 6.45) is 0.968. The molecule has 0 aromatic heterocycles. The van der Waals surface area contributed by atoms with Gasteiger partial charge in [-0.3, -0.25) is 0 Å². The van der Waals surface area contributed by atoms with Gasteiger partial charge >= 0.3 is 0 Å². The molecular weight excluding hydrogens is 164 g/mol. The van der Waals surface area contributed by atoms with Crippen molar-refractivity contribution in [3.05, 3.63) is 23.3 Å². The number of ether oxygens (including phenoxy) is 1. The van der Waals surface area contributed by atoms with Gasteiger partial charge in [-0.1, -0.05) is 19.9 Å². The number of phenolic OH excluding ortho intramolecular Hbond substituents is 1. The smallest absolute Gasteiger partial charge is 0.129 e. The normalized spacial score (nSPS) is 14.4. The van der Waals surface area contributed by atoms with Crippen molar-refractivity contribution in [3.63, 3.8) is 0 Å². The molecule has 1 aromatic carbocycles. The quantitative estimate of drug-likeness (QED) is 0.715. The summed E-state index contributed by atoms with van der Waals surface area (Å²) in [6.45, 7) is 4.88. The van der Waals surface area contributed by atoms with E-state index in [2.05, 4.69) is 13.8 Å². The maximum Gasteiger partial charge on any atom is 0.129 e.